The average Bonchev–Trinajstić information content (AvgIpc) is 2.35. The highest BCUT2D eigenvalue weighted by Crippen LogP contribution is 2.26. The van der Waals surface area contributed by atoms with Gasteiger partial charge in [-0.15, -0.1) is 0 Å². The predicted molar refractivity (Wildman–Crippen MR) is 73.5 cm³/mol. The Kier molecular flexibility index (Phi) is 7.63. The maximum Gasteiger partial charge on any atom is 0.0700 e. The van der Waals surface area contributed by atoms with Gasteiger partial charge >= 0.3 is 0 Å². The third-order valence-electron chi connectivity index (χ3n) is 2.51. The summed E-state index contributed by atoms with van der Waals surface area (Å²) >= 11 is 12.0. The zero-order valence-electron chi connectivity index (χ0n) is 10.4. The van der Waals surface area contributed by atoms with Gasteiger partial charge in [0, 0.05) is 13.7 Å². The van der Waals surface area contributed by atoms with Crippen LogP contribution in [0.15, 0.2) is 18.2 Å². The first-order chi connectivity index (χ1) is 8.65. The van der Waals surface area contributed by atoms with E-state index in [1.807, 2.05) is 12.1 Å². The van der Waals surface area contributed by atoms with Gasteiger partial charge in [-0.25, -0.2) is 0 Å². The molecular formula is C13H18Cl2O3. The Labute approximate surface area is 118 Å². The molecule has 0 aliphatic heterocycles. The van der Waals surface area contributed by atoms with Crippen LogP contribution in [-0.4, -0.2) is 38.1 Å². The Hall–Kier alpha value is -0.320. The number of ether oxygens (including phenoxy) is 2. The molecular weight excluding hydrogens is 275 g/mol. The third-order valence-corrected chi connectivity index (χ3v) is 3.37. The molecule has 5 heteroatoms. The first-order valence-electron chi connectivity index (χ1n) is 5.82. The van der Waals surface area contributed by atoms with Crippen molar-refractivity contribution < 1.29 is 14.6 Å². The van der Waals surface area contributed by atoms with Crippen molar-refractivity contribution >= 4 is 23.2 Å². The zero-order valence-corrected chi connectivity index (χ0v) is 11.9. The standard InChI is InChI=1S/C13H18Cl2O3/c1-17-7-8-18-6-5-11(16)9-10-3-2-4-12(14)13(10)15/h2-4,11,16H,5-9H2,1H3. The number of benzene rings is 1. The van der Waals surface area contributed by atoms with Crippen molar-refractivity contribution in [3.63, 3.8) is 0 Å². The highest BCUT2D eigenvalue weighted by Gasteiger charge is 2.10. The van der Waals surface area contributed by atoms with Crippen LogP contribution < -0.4 is 0 Å². The summed E-state index contributed by atoms with van der Waals surface area (Å²) < 4.78 is 10.1. The molecule has 18 heavy (non-hydrogen) atoms. The topological polar surface area (TPSA) is 38.7 Å². The van der Waals surface area contributed by atoms with Crippen molar-refractivity contribution in [2.45, 2.75) is 18.9 Å². The van der Waals surface area contributed by atoms with Crippen LogP contribution >= 0.6 is 23.2 Å². The first kappa shape index (κ1) is 15.7. The minimum Gasteiger partial charge on any atom is -0.393 e. The first-order valence-corrected chi connectivity index (χ1v) is 6.58. The van der Waals surface area contributed by atoms with Crippen molar-refractivity contribution in [2.75, 3.05) is 26.9 Å². The van der Waals surface area contributed by atoms with Crippen LogP contribution in [0, 0.1) is 0 Å². The molecule has 1 atom stereocenters. The lowest BCUT2D eigenvalue weighted by Crippen LogP contribution is -2.15. The number of hydrogen-bond donors (Lipinski definition) is 1. The number of aliphatic hydroxyl groups excluding tert-OH is 1. The SMILES string of the molecule is COCCOCCC(O)Cc1cccc(Cl)c1Cl. The number of aliphatic hydroxyl groups is 1. The molecule has 0 amide bonds. The summed E-state index contributed by atoms with van der Waals surface area (Å²) in [4.78, 5) is 0. The van der Waals surface area contributed by atoms with E-state index in [-0.39, 0.29) is 0 Å². The van der Waals surface area contributed by atoms with Crippen LogP contribution in [-0.2, 0) is 15.9 Å². The van der Waals surface area contributed by atoms with Crippen molar-refractivity contribution in [1.29, 1.82) is 0 Å². The lowest BCUT2D eigenvalue weighted by molar-refractivity contribution is 0.0479. The molecule has 0 fully saturated rings. The summed E-state index contributed by atoms with van der Waals surface area (Å²) in [5.41, 5.74) is 0.855. The second-order valence-electron chi connectivity index (χ2n) is 3.96. The summed E-state index contributed by atoms with van der Waals surface area (Å²) in [6.45, 7) is 1.61. The molecule has 0 saturated carbocycles. The van der Waals surface area contributed by atoms with Crippen molar-refractivity contribution in [3.05, 3.63) is 33.8 Å². The molecule has 0 aromatic heterocycles. The van der Waals surface area contributed by atoms with Crippen LogP contribution in [0.2, 0.25) is 10.0 Å². The molecule has 1 aromatic rings. The third kappa shape index (κ3) is 5.55. The minimum absolute atomic E-state index is 0.479. The number of rotatable bonds is 8. The molecule has 0 heterocycles. The van der Waals surface area contributed by atoms with Crippen LogP contribution in [0.4, 0.5) is 0 Å². The van der Waals surface area contributed by atoms with E-state index in [1.54, 1.807) is 13.2 Å². The van der Waals surface area contributed by atoms with Crippen molar-refractivity contribution in [3.8, 4) is 0 Å². The maximum absolute atomic E-state index is 9.86. The van der Waals surface area contributed by atoms with E-state index in [9.17, 15) is 5.11 Å². The number of methoxy groups -OCH3 is 1. The Bertz CT molecular complexity index is 358. The maximum atomic E-state index is 9.86. The number of halogens is 2. The summed E-state index contributed by atoms with van der Waals surface area (Å²) in [7, 11) is 1.62. The molecule has 3 nitrogen and oxygen atoms in total. The fourth-order valence-electron chi connectivity index (χ4n) is 1.53. The highest BCUT2D eigenvalue weighted by atomic mass is 35.5. The molecule has 0 saturated heterocycles. The Morgan fingerprint density at radius 3 is 2.72 bits per heavy atom. The largest absolute Gasteiger partial charge is 0.393 e. The van der Waals surface area contributed by atoms with Crippen LogP contribution in [0.25, 0.3) is 0 Å². The molecule has 1 N–H and O–H groups in total. The summed E-state index contributed by atoms with van der Waals surface area (Å²) in [6, 6.07) is 5.42. The van der Waals surface area contributed by atoms with Crippen molar-refractivity contribution in [2.24, 2.45) is 0 Å². The Morgan fingerprint density at radius 2 is 2.00 bits per heavy atom. The normalized spacial score (nSPS) is 12.7. The van der Waals surface area contributed by atoms with Gasteiger partial charge in [0.15, 0.2) is 0 Å². The van der Waals surface area contributed by atoms with Crippen molar-refractivity contribution in [1.82, 2.24) is 0 Å². The molecule has 0 spiro atoms. The van der Waals surface area contributed by atoms with Gasteiger partial charge in [-0.3, -0.25) is 0 Å². The van der Waals surface area contributed by atoms with Gasteiger partial charge in [0.25, 0.3) is 0 Å². The van der Waals surface area contributed by atoms with Gasteiger partial charge in [-0.1, -0.05) is 35.3 Å². The van der Waals surface area contributed by atoms with Gasteiger partial charge in [0.05, 0.1) is 29.4 Å². The molecule has 1 aromatic carbocycles. The molecule has 0 aliphatic carbocycles. The molecule has 102 valence electrons. The minimum atomic E-state index is -0.483. The molecule has 1 rings (SSSR count). The van der Waals surface area contributed by atoms with E-state index in [1.165, 1.54) is 0 Å². The average molecular weight is 293 g/mol. The van der Waals surface area contributed by atoms with E-state index in [4.69, 9.17) is 32.7 Å². The van der Waals surface area contributed by atoms with Gasteiger partial charge in [-0.05, 0) is 24.5 Å². The van der Waals surface area contributed by atoms with Gasteiger partial charge in [0.1, 0.15) is 0 Å². The van der Waals surface area contributed by atoms with E-state index >= 15 is 0 Å². The quantitative estimate of drug-likeness (QED) is 0.749. The monoisotopic (exact) mass is 292 g/mol. The van der Waals surface area contributed by atoms with Crippen LogP contribution in [0.1, 0.15) is 12.0 Å². The smallest absolute Gasteiger partial charge is 0.0700 e. The lowest BCUT2D eigenvalue weighted by Gasteiger charge is -2.12. The molecule has 0 aliphatic rings. The van der Waals surface area contributed by atoms with Crippen LogP contribution in [0.5, 0.6) is 0 Å². The summed E-state index contributed by atoms with van der Waals surface area (Å²) in [5.74, 6) is 0. The van der Waals surface area contributed by atoms with Gasteiger partial charge < -0.3 is 14.6 Å². The Morgan fingerprint density at radius 1 is 1.22 bits per heavy atom. The van der Waals surface area contributed by atoms with E-state index in [0.717, 1.165) is 5.56 Å². The van der Waals surface area contributed by atoms with Crippen LogP contribution in [0.3, 0.4) is 0 Å². The predicted octanol–water partition coefficient (Wildman–Crippen LogP) is 2.95. The second-order valence-corrected chi connectivity index (χ2v) is 4.75. The van der Waals surface area contributed by atoms with Gasteiger partial charge in [-0.2, -0.15) is 0 Å². The highest BCUT2D eigenvalue weighted by molar-refractivity contribution is 6.42. The fraction of sp³-hybridized carbons (Fsp3) is 0.538. The molecule has 0 bridgehead atoms. The number of hydrogen-bond acceptors (Lipinski definition) is 3. The molecule has 1 unspecified atom stereocenters. The van der Waals surface area contributed by atoms with E-state index < -0.39 is 6.10 Å². The second kappa shape index (κ2) is 8.73. The molecule has 0 radical (unpaired) electrons. The van der Waals surface area contributed by atoms with Gasteiger partial charge in [0.2, 0.25) is 0 Å². The Balaban J connectivity index is 2.31. The zero-order chi connectivity index (χ0) is 13.4. The lowest BCUT2D eigenvalue weighted by atomic mass is 10.1. The summed E-state index contributed by atoms with van der Waals surface area (Å²) in [5, 5.41) is 10.9. The van der Waals surface area contributed by atoms with E-state index in [0.29, 0.717) is 42.7 Å². The van der Waals surface area contributed by atoms with E-state index in [2.05, 4.69) is 0 Å². The summed E-state index contributed by atoms with van der Waals surface area (Å²) in [6.07, 6.45) is 0.558. The fourth-order valence-corrected chi connectivity index (χ4v) is 1.92.